The fourth-order valence-electron chi connectivity index (χ4n) is 1.93. The molecule has 0 spiro atoms. The van der Waals surface area contributed by atoms with Gasteiger partial charge in [0.1, 0.15) is 5.75 Å². The Morgan fingerprint density at radius 2 is 2.00 bits per heavy atom. The summed E-state index contributed by atoms with van der Waals surface area (Å²) in [5.41, 5.74) is 3.53. The Morgan fingerprint density at radius 3 is 2.74 bits per heavy atom. The van der Waals surface area contributed by atoms with E-state index in [4.69, 9.17) is 4.74 Å². The van der Waals surface area contributed by atoms with Crippen molar-refractivity contribution < 1.29 is 4.74 Å². The molecule has 0 aliphatic heterocycles. The molecule has 0 fully saturated rings. The monoisotopic (exact) mass is 319 g/mol. The summed E-state index contributed by atoms with van der Waals surface area (Å²) in [7, 11) is 0. The van der Waals surface area contributed by atoms with Crippen LogP contribution in [0.1, 0.15) is 18.1 Å². The molecule has 0 aromatic heterocycles. The third-order valence-electron chi connectivity index (χ3n) is 2.82. The molecule has 3 heteroatoms. The van der Waals surface area contributed by atoms with Crippen molar-refractivity contribution in [1.82, 2.24) is 0 Å². The number of nitrogens with one attached hydrogen (secondary N) is 1. The molecule has 19 heavy (non-hydrogen) atoms. The quantitative estimate of drug-likeness (QED) is 0.857. The topological polar surface area (TPSA) is 21.3 Å². The van der Waals surface area contributed by atoms with Crippen LogP contribution in [0.2, 0.25) is 0 Å². The van der Waals surface area contributed by atoms with Crippen molar-refractivity contribution in [2.75, 3.05) is 11.9 Å². The Kier molecular flexibility index (Phi) is 4.86. The van der Waals surface area contributed by atoms with E-state index in [0.717, 1.165) is 28.0 Å². The number of ether oxygens (including phenoxy) is 1. The van der Waals surface area contributed by atoms with Gasteiger partial charge < -0.3 is 10.1 Å². The first-order valence-electron chi connectivity index (χ1n) is 6.41. The first kappa shape index (κ1) is 13.9. The molecule has 0 amide bonds. The molecular weight excluding hydrogens is 302 g/mol. The van der Waals surface area contributed by atoms with Crippen LogP contribution in [0, 0.1) is 6.92 Å². The number of hydrogen-bond acceptors (Lipinski definition) is 2. The van der Waals surface area contributed by atoms with Crippen LogP contribution in [0.25, 0.3) is 0 Å². The van der Waals surface area contributed by atoms with E-state index < -0.39 is 0 Å². The van der Waals surface area contributed by atoms with Gasteiger partial charge in [0.15, 0.2) is 0 Å². The highest BCUT2D eigenvalue weighted by atomic mass is 79.9. The molecule has 1 N–H and O–H groups in total. The van der Waals surface area contributed by atoms with Gasteiger partial charge >= 0.3 is 0 Å². The van der Waals surface area contributed by atoms with Crippen LogP contribution in [0.4, 0.5) is 5.69 Å². The van der Waals surface area contributed by atoms with Gasteiger partial charge in [-0.3, -0.25) is 0 Å². The van der Waals surface area contributed by atoms with Crippen LogP contribution < -0.4 is 10.1 Å². The van der Waals surface area contributed by atoms with Gasteiger partial charge in [-0.1, -0.05) is 28.1 Å². The third-order valence-corrected chi connectivity index (χ3v) is 3.32. The molecule has 0 aliphatic rings. The lowest BCUT2D eigenvalue weighted by Crippen LogP contribution is -2.03. The Morgan fingerprint density at radius 1 is 1.16 bits per heavy atom. The van der Waals surface area contributed by atoms with E-state index in [1.165, 1.54) is 5.56 Å². The maximum absolute atomic E-state index is 5.64. The number of rotatable bonds is 5. The zero-order chi connectivity index (χ0) is 13.7. The second-order valence-corrected chi connectivity index (χ2v) is 5.32. The molecule has 0 saturated heterocycles. The normalized spacial score (nSPS) is 10.3. The Bertz CT molecular complexity index is 554. The number of aryl methyl sites for hydroxylation is 1. The van der Waals surface area contributed by atoms with E-state index in [0.29, 0.717) is 6.61 Å². The van der Waals surface area contributed by atoms with Crippen molar-refractivity contribution in [2.24, 2.45) is 0 Å². The van der Waals surface area contributed by atoms with Crippen LogP contribution in [0.15, 0.2) is 46.9 Å². The fraction of sp³-hybridized carbons (Fsp3) is 0.250. The second kappa shape index (κ2) is 6.62. The SMILES string of the molecule is CCOc1ccc(Br)cc1CNc1cccc(C)c1. The average Bonchev–Trinajstić information content (AvgIpc) is 2.39. The fourth-order valence-corrected chi connectivity index (χ4v) is 2.34. The largest absolute Gasteiger partial charge is 0.494 e. The van der Waals surface area contributed by atoms with E-state index in [2.05, 4.69) is 58.5 Å². The lowest BCUT2D eigenvalue weighted by Gasteiger charge is -2.12. The lowest BCUT2D eigenvalue weighted by atomic mass is 10.2. The third kappa shape index (κ3) is 4.00. The van der Waals surface area contributed by atoms with Gasteiger partial charge in [0, 0.05) is 22.3 Å². The summed E-state index contributed by atoms with van der Waals surface area (Å²) in [5.74, 6) is 0.936. The average molecular weight is 320 g/mol. The number of hydrogen-bond donors (Lipinski definition) is 1. The van der Waals surface area contributed by atoms with Crippen molar-refractivity contribution in [3.8, 4) is 5.75 Å². The zero-order valence-corrected chi connectivity index (χ0v) is 12.8. The minimum absolute atomic E-state index is 0.680. The van der Waals surface area contributed by atoms with E-state index in [1.54, 1.807) is 0 Å². The molecule has 0 heterocycles. The molecule has 2 aromatic rings. The lowest BCUT2D eigenvalue weighted by molar-refractivity contribution is 0.337. The van der Waals surface area contributed by atoms with Crippen molar-refractivity contribution in [3.05, 3.63) is 58.1 Å². The maximum Gasteiger partial charge on any atom is 0.124 e. The first-order valence-corrected chi connectivity index (χ1v) is 7.20. The van der Waals surface area contributed by atoms with Gasteiger partial charge in [0.2, 0.25) is 0 Å². The molecule has 2 rings (SSSR count). The van der Waals surface area contributed by atoms with Crippen LogP contribution in [-0.4, -0.2) is 6.61 Å². The van der Waals surface area contributed by atoms with Gasteiger partial charge in [-0.15, -0.1) is 0 Å². The van der Waals surface area contributed by atoms with Crippen LogP contribution in [0.5, 0.6) is 5.75 Å². The first-order chi connectivity index (χ1) is 9.19. The van der Waals surface area contributed by atoms with Crippen LogP contribution in [0.3, 0.4) is 0 Å². The van der Waals surface area contributed by atoms with Gasteiger partial charge in [-0.05, 0) is 49.7 Å². The summed E-state index contributed by atoms with van der Waals surface area (Å²) in [6.45, 7) is 5.52. The molecule has 0 saturated carbocycles. The summed E-state index contributed by atoms with van der Waals surface area (Å²) < 4.78 is 6.71. The molecule has 0 unspecified atom stereocenters. The molecule has 2 aromatic carbocycles. The Balaban J connectivity index is 2.12. The van der Waals surface area contributed by atoms with Crippen molar-refractivity contribution in [3.63, 3.8) is 0 Å². The standard InChI is InChI=1S/C16H18BrNO/c1-3-19-16-8-7-14(17)10-13(16)11-18-15-6-4-5-12(2)9-15/h4-10,18H,3,11H2,1-2H3. The minimum atomic E-state index is 0.680. The van der Waals surface area contributed by atoms with Crippen LogP contribution >= 0.6 is 15.9 Å². The predicted octanol–water partition coefficient (Wildman–Crippen LogP) is 4.77. The van der Waals surface area contributed by atoms with Gasteiger partial charge in [-0.25, -0.2) is 0 Å². The molecule has 2 nitrogen and oxygen atoms in total. The molecular formula is C16H18BrNO. The van der Waals surface area contributed by atoms with E-state index in [-0.39, 0.29) is 0 Å². The smallest absolute Gasteiger partial charge is 0.124 e. The highest BCUT2D eigenvalue weighted by molar-refractivity contribution is 9.10. The van der Waals surface area contributed by atoms with E-state index >= 15 is 0 Å². The van der Waals surface area contributed by atoms with Gasteiger partial charge in [-0.2, -0.15) is 0 Å². The zero-order valence-electron chi connectivity index (χ0n) is 11.2. The number of anilines is 1. The van der Waals surface area contributed by atoms with E-state index in [9.17, 15) is 0 Å². The summed E-state index contributed by atoms with van der Waals surface area (Å²) in [5, 5.41) is 3.43. The van der Waals surface area contributed by atoms with E-state index in [1.807, 2.05) is 19.1 Å². The second-order valence-electron chi connectivity index (χ2n) is 4.41. The van der Waals surface area contributed by atoms with Gasteiger partial charge in [0.05, 0.1) is 6.61 Å². The molecule has 0 bridgehead atoms. The van der Waals surface area contributed by atoms with Crippen molar-refractivity contribution in [2.45, 2.75) is 20.4 Å². The highest BCUT2D eigenvalue weighted by Crippen LogP contribution is 2.24. The van der Waals surface area contributed by atoms with Crippen molar-refractivity contribution >= 4 is 21.6 Å². The molecule has 0 aliphatic carbocycles. The maximum atomic E-state index is 5.64. The summed E-state index contributed by atoms with van der Waals surface area (Å²) in [6, 6.07) is 14.5. The molecule has 0 radical (unpaired) electrons. The Labute approximate surface area is 122 Å². The van der Waals surface area contributed by atoms with Crippen molar-refractivity contribution in [1.29, 1.82) is 0 Å². The summed E-state index contributed by atoms with van der Waals surface area (Å²) in [6.07, 6.45) is 0. The molecule has 100 valence electrons. The number of benzene rings is 2. The molecule has 0 atom stereocenters. The summed E-state index contributed by atoms with van der Waals surface area (Å²) >= 11 is 3.50. The Hall–Kier alpha value is -1.48. The predicted molar refractivity (Wildman–Crippen MR) is 83.8 cm³/mol. The highest BCUT2D eigenvalue weighted by Gasteiger charge is 2.04. The number of halogens is 1. The minimum Gasteiger partial charge on any atom is -0.494 e. The summed E-state index contributed by atoms with van der Waals surface area (Å²) in [4.78, 5) is 0. The van der Waals surface area contributed by atoms with Crippen LogP contribution in [-0.2, 0) is 6.54 Å². The van der Waals surface area contributed by atoms with Gasteiger partial charge in [0.25, 0.3) is 0 Å².